The monoisotopic (exact) mass is 547 g/mol. The Balaban J connectivity index is 1.55. The van der Waals surface area contributed by atoms with Crippen LogP contribution in [0.2, 0.25) is 0 Å². The number of hydrogen-bond donors (Lipinski definition) is 2. The molecule has 41 heavy (non-hydrogen) atoms. The maximum atomic E-state index is 13.3. The van der Waals surface area contributed by atoms with Gasteiger partial charge >= 0.3 is 0 Å². The first-order valence-electron chi connectivity index (χ1n) is 14.0. The van der Waals surface area contributed by atoms with Gasteiger partial charge in [-0.3, -0.25) is 4.79 Å². The van der Waals surface area contributed by atoms with E-state index in [1.807, 2.05) is 54.6 Å². The number of fused-ring (bicyclic) bond motifs is 1. The summed E-state index contributed by atoms with van der Waals surface area (Å²) in [5, 5.41) is 14.9. The molecule has 0 fully saturated rings. The third kappa shape index (κ3) is 6.81. The Morgan fingerprint density at radius 2 is 1.59 bits per heavy atom. The number of aryl methyl sites for hydroxylation is 2. The zero-order valence-electron chi connectivity index (χ0n) is 23.9. The summed E-state index contributed by atoms with van der Waals surface area (Å²) in [6.07, 6.45) is 2.09. The standard InChI is InChI=1S/C34H37N5O2/c1-34(2,35)33(40)36-30(22-27-14-9-13-26-12-7-8-15-29(26)27)32-38-37-31(21-18-24-10-5-4-6-11-24)39(32)23-25-16-19-28(41-3)20-17-25/h4-17,19-20,30H,18,21-23,35H2,1-3H3,(H,36,40). The number of benzene rings is 4. The van der Waals surface area contributed by atoms with Crippen molar-refractivity contribution < 1.29 is 9.53 Å². The van der Waals surface area contributed by atoms with Crippen LogP contribution in [0.15, 0.2) is 97.1 Å². The third-order valence-electron chi connectivity index (χ3n) is 7.34. The second-order valence-corrected chi connectivity index (χ2v) is 11.0. The number of methoxy groups -OCH3 is 1. The zero-order valence-corrected chi connectivity index (χ0v) is 23.9. The van der Waals surface area contributed by atoms with Crippen LogP contribution in [-0.4, -0.2) is 33.3 Å². The van der Waals surface area contributed by atoms with E-state index in [2.05, 4.69) is 57.4 Å². The highest BCUT2D eigenvalue weighted by molar-refractivity contribution is 5.87. The van der Waals surface area contributed by atoms with E-state index in [1.165, 1.54) is 5.56 Å². The van der Waals surface area contributed by atoms with Crippen LogP contribution in [0.5, 0.6) is 5.75 Å². The number of nitrogens with one attached hydrogen (secondary N) is 1. The zero-order chi connectivity index (χ0) is 28.8. The van der Waals surface area contributed by atoms with Crippen LogP contribution in [0.4, 0.5) is 0 Å². The Morgan fingerprint density at radius 1 is 0.878 bits per heavy atom. The van der Waals surface area contributed by atoms with Gasteiger partial charge in [-0.15, -0.1) is 10.2 Å². The smallest absolute Gasteiger partial charge is 0.240 e. The third-order valence-corrected chi connectivity index (χ3v) is 7.34. The molecule has 5 aromatic rings. The van der Waals surface area contributed by atoms with E-state index in [9.17, 15) is 4.79 Å². The lowest BCUT2D eigenvalue weighted by molar-refractivity contribution is -0.126. The van der Waals surface area contributed by atoms with Crippen LogP contribution in [0.1, 0.15) is 48.2 Å². The van der Waals surface area contributed by atoms with E-state index in [0.717, 1.165) is 39.9 Å². The average molecular weight is 548 g/mol. The number of amides is 1. The molecule has 1 aromatic heterocycles. The van der Waals surface area contributed by atoms with E-state index in [4.69, 9.17) is 15.6 Å². The lowest BCUT2D eigenvalue weighted by Gasteiger charge is -2.25. The molecule has 0 saturated carbocycles. The van der Waals surface area contributed by atoms with Gasteiger partial charge in [-0.2, -0.15) is 0 Å². The van der Waals surface area contributed by atoms with Crippen molar-refractivity contribution in [3.05, 3.63) is 125 Å². The predicted octanol–water partition coefficient (Wildman–Crippen LogP) is 5.41. The number of carbonyl (C=O) groups is 1. The minimum atomic E-state index is -1.05. The summed E-state index contributed by atoms with van der Waals surface area (Å²) in [6, 6.07) is 32.5. The number of aromatic nitrogens is 3. The molecule has 7 heteroatoms. The van der Waals surface area contributed by atoms with Crippen molar-refractivity contribution in [1.29, 1.82) is 0 Å². The highest BCUT2D eigenvalue weighted by Crippen LogP contribution is 2.26. The minimum absolute atomic E-state index is 0.243. The van der Waals surface area contributed by atoms with Gasteiger partial charge in [0.25, 0.3) is 0 Å². The molecule has 0 radical (unpaired) electrons. The Kier molecular flexibility index (Phi) is 8.45. The second-order valence-electron chi connectivity index (χ2n) is 11.0. The van der Waals surface area contributed by atoms with Crippen LogP contribution >= 0.6 is 0 Å². The van der Waals surface area contributed by atoms with Crippen molar-refractivity contribution in [2.24, 2.45) is 5.73 Å². The van der Waals surface area contributed by atoms with E-state index in [0.29, 0.717) is 25.2 Å². The number of hydrogen-bond acceptors (Lipinski definition) is 5. The second kappa shape index (κ2) is 12.4. The van der Waals surface area contributed by atoms with Crippen LogP contribution in [0.25, 0.3) is 10.8 Å². The Morgan fingerprint density at radius 3 is 2.32 bits per heavy atom. The largest absolute Gasteiger partial charge is 0.497 e. The highest BCUT2D eigenvalue weighted by Gasteiger charge is 2.29. The maximum absolute atomic E-state index is 13.3. The Bertz CT molecular complexity index is 1600. The van der Waals surface area contributed by atoms with E-state index < -0.39 is 11.6 Å². The van der Waals surface area contributed by atoms with Crippen molar-refractivity contribution in [2.45, 2.75) is 51.2 Å². The van der Waals surface area contributed by atoms with Gasteiger partial charge in [-0.05, 0) is 59.9 Å². The van der Waals surface area contributed by atoms with Gasteiger partial charge < -0.3 is 20.4 Å². The van der Waals surface area contributed by atoms with Crippen LogP contribution in [0, 0.1) is 0 Å². The van der Waals surface area contributed by atoms with Gasteiger partial charge in [-0.25, -0.2) is 0 Å². The fourth-order valence-electron chi connectivity index (χ4n) is 5.02. The molecule has 4 aromatic carbocycles. The van der Waals surface area contributed by atoms with Gasteiger partial charge in [0.1, 0.15) is 11.6 Å². The van der Waals surface area contributed by atoms with Crippen LogP contribution < -0.4 is 15.8 Å². The fourth-order valence-corrected chi connectivity index (χ4v) is 5.02. The molecule has 1 atom stereocenters. The minimum Gasteiger partial charge on any atom is -0.497 e. The van der Waals surface area contributed by atoms with E-state index >= 15 is 0 Å². The fraction of sp³-hybridized carbons (Fsp3) is 0.265. The summed E-state index contributed by atoms with van der Waals surface area (Å²) >= 11 is 0. The molecule has 0 spiro atoms. The molecule has 5 rings (SSSR count). The topological polar surface area (TPSA) is 95.1 Å². The quantitative estimate of drug-likeness (QED) is 0.231. The first-order chi connectivity index (χ1) is 19.8. The lowest BCUT2D eigenvalue weighted by Crippen LogP contribution is -2.50. The number of rotatable bonds is 11. The van der Waals surface area contributed by atoms with E-state index in [1.54, 1.807) is 21.0 Å². The van der Waals surface area contributed by atoms with Crippen molar-refractivity contribution in [2.75, 3.05) is 7.11 Å². The van der Waals surface area contributed by atoms with E-state index in [-0.39, 0.29) is 5.91 Å². The molecule has 210 valence electrons. The number of carbonyl (C=O) groups excluding carboxylic acids is 1. The first kappa shape index (κ1) is 28.1. The summed E-state index contributed by atoms with van der Waals surface area (Å²) in [6.45, 7) is 3.99. The lowest BCUT2D eigenvalue weighted by atomic mass is 9.97. The molecule has 0 aliphatic heterocycles. The molecule has 0 aliphatic carbocycles. The van der Waals surface area contributed by atoms with Crippen molar-refractivity contribution in [1.82, 2.24) is 20.1 Å². The molecule has 0 aliphatic rings. The van der Waals surface area contributed by atoms with Crippen LogP contribution in [-0.2, 0) is 30.6 Å². The summed E-state index contributed by atoms with van der Waals surface area (Å²) in [7, 11) is 1.66. The van der Waals surface area contributed by atoms with Crippen molar-refractivity contribution in [3.8, 4) is 5.75 Å². The van der Waals surface area contributed by atoms with Crippen molar-refractivity contribution >= 4 is 16.7 Å². The molecule has 3 N–H and O–H groups in total. The Labute approximate surface area is 241 Å². The molecule has 0 saturated heterocycles. The molecule has 1 amide bonds. The Hall–Kier alpha value is -4.49. The normalized spacial score (nSPS) is 12.3. The number of ether oxygens (including phenoxy) is 1. The first-order valence-corrected chi connectivity index (χ1v) is 14.0. The average Bonchev–Trinajstić information content (AvgIpc) is 3.38. The summed E-state index contributed by atoms with van der Waals surface area (Å²) in [5.41, 5.74) is 8.62. The van der Waals surface area contributed by atoms with Gasteiger partial charge in [0.2, 0.25) is 5.91 Å². The van der Waals surface area contributed by atoms with Gasteiger partial charge in [0.15, 0.2) is 5.82 Å². The SMILES string of the molecule is COc1ccc(Cn2c(CCc3ccccc3)nnc2C(Cc2cccc3ccccc23)NC(=O)C(C)(C)N)cc1. The predicted molar refractivity (Wildman–Crippen MR) is 163 cm³/mol. The molecule has 0 bridgehead atoms. The van der Waals surface area contributed by atoms with Gasteiger partial charge in [0.05, 0.1) is 25.2 Å². The number of nitrogens with zero attached hydrogens (tertiary/aromatic N) is 3. The molecular weight excluding hydrogens is 510 g/mol. The molecule has 7 nitrogen and oxygen atoms in total. The number of nitrogens with two attached hydrogens (primary N) is 1. The van der Waals surface area contributed by atoms with Crippen LogP contribution in [0.3, 0.4) is 0 Å². The van der Waals surface area contributed by atoms with Gasteiger partial charge in [0, 0.05) is 12.8 Å². The summed E-state index contributed by atoms with van der Waals surface area (Å²) in [4.78, 5) is 13.3. The summed E-state index contributed by atoms with van der Waals surface area (Å²) < 4.78 is 7.51. The maximum Gasteiger partial charge on any atom is 0.240 e. The molecule has 1 heterocycles. The summed E-state index contributed by atoms with van der Waals surface area (Å²) in [5.74, 6) is 2.12. The molecular formula is C34H37N5O2. The van der Waals surface area contributed by atoms with Gasteiger partial charge in [-0.1, -0.05) is 84.9 Å². The van der Waals surface area contributed by atoms with Crippen molar-refractivity contribution in [3.63, 3.8) is 0 Å². The molecule has 1 unspecified atom stereocenters. The highest BCUT2D eigenvalue weighted by atomic mass is 16.5.